The lowest BCUT2D eigenvalue weighted by Gasteiger charge is -2.22. The molecule has 8 heteroatoms. The number of Topliss-reactive ketones (excluding diaryl/α,β-unsaturated/α-hetero) is 1. The van der Waals surface area contributed by atoms with Crippen LogP contribution in [0.5, 0.6) is 0 Å². The predicted molar refractivity (Wildman–Crippen MR) is 95.4 cm³/mol. The fraction of sp³-hybridized carbons (Fsp3) is 0.278. The van der Waals surface area contributed by atoms with Crippen molar-refractivity contribution in [3.05, 3.63) is 53.3 Å². The number of nitrogens with zero attached hydrogens (tertiary/aromatic N) is 4. The zero-order chi connectivity index (χ0) is 18.1. The van der Waals surface area contributed by atoms with Gasteiger partial charge in [-0.05, 0) is 17.9 Å². The van der Waals surface area contributed by atoms with Gasteiger partial charge in [0.15, 0.2) is 5.78 Å². The molecule has 4 rings (SSSR count). The Labute approximate surface area is 153 Å². The van der Waals surface area contributed by atoms with Gasteiger partial charge < -0.3 is 4.74 Å². The Bertz CT molecular complexity index is 987. The number of hydrogen-bond acceptors (Lipinski definition) is 7. The highest BCUT2D eigenvalue weighted by molar-refractivity contribution is 7.99. The van der Waals surface area contributed by atoms with Gasteiger partial charge in [-0.1, -0.05) is 42.1 Å². The van der Waals surface area contributed by atoms with Crippen LogP contribution in [0.4, 0.5) is 0 Å². The summed E-state index contributed by atoms with van der Waals surface area (Å²) in [7, 11) is 1.34. The SMILES string of the molecule is COC(=O)CSc1nc2nc3c(cn2n1)C(=O)CC(c1ccccc1)C3. The van der Waals surface area contributed by atoms with Crippen molar-refractivity contribution < 1.29 is 14.3 Å². The molecular weight excluding hydrogens is 352 g/mol. The Morgan fingerprint density at radius 2 is 2.08 bits per heavy atom. The lowest BCUT2D eigenvalue weighted by Crippen LogP contribution is -2.21. The van der Waals surface area contributed by atoms with Crippen LogP contribution >= 0.6 is 11.8 Å². The zero-order valence-electron chi connectivity index (χ0n) is 14.1. The van der Waals surface area contributed by atoms with Gasteiger partial charge in [0.2, 0.25) is 5.16 Å². The van der Waals surface area contributed by atoms with Crippen LogP contribution in [-0.4, -0.2) is 44.2 Å². The van der Waals surface area contributed by atoms with E-state index in [0.717, 1.165) is 11.3 Å². The van der Waals surface area contributed by atoms with Crippen molar-refractivity contribution in [2.24, 2.45) is 0 Å². The second kappa shape index (κ2) is 6.87. The molecule has 0 N–H and O–H groups in total. The number of rotatable bonds is 4. The second-order valence-electron chi connectivity index (χ2n) is 6.04. The van der Waals surface area contributed by atoms with Crippen LogP contribution in [0.1, 0.15) is 34.0 Å². The fourth-order valence-electron chi connectivity index (χ4n) is 3.07. The van der Waals surface area contributed by atoms with Crippen molar-refractivity contribution in [1.82, 2.24) is 19.6 Å². The third-order valence-corrected chi connectivity index (χ3v) is 5.19. The van der Waals surface area contributed by atoms with Gasteiger partial charge in [0.05, 0.1) is 24.1 Å². The summed E-state index contributed by atoms with van der Waals surface area (Å²) in [5, 5.41) is 4.71. The van der Waals surface area contributed by atoms with E-state index >= 15 is 0 Å². The minimum absolute atomic E-state index is 0.0637. The molecule has 2 aromatic heterocycles. The van der Waals surface area contributed by atoms with Crippen molar-refractivity contribution in [2.45, 2.75) is 23.9 Å². The quantitative estimate of drug-likeness (QED) is 0.516. The number of benzene rings is 1. The number of thioether (sulfide) groups is 1. The van der Waals surface area contributed by atoms with Crippen LogP contribution < -0.4 is 0 Å². The topological polar surface area (TPSA) is 86.4 Å². The highest BCUT2D eigenvalue weighted by Crippen LogP contribution is 2.32. The van der Waals surface area contributed by atoms with E-state index in [2.05, 4.69) is 19.8 Å². The molecule has 1 aliphatic carbocycles. The minimum Gasteiger partial charge on any atom is -0.468 e. The highest BCUT2D eigenvalue weighted by atomic mass is 32.2. The number of aromatic nitrogens is 4. The van der Waals surface area contributed by atoms with E-state index in [1.54, 1.807) is 6.20 Å². The van der Waals surface area contributed by atoms with Crippen molar-refractivity contribution in [1.29, 1.82) is 0 Å². The number of carbonyl (C=O) groups excluding carboxylic acids is 2. The average Bonchev–Trinajstić information content (AvgIpc) is 3.07. The number of ether oxygens (including phenoxy) is 1. The first kappa shape index (κ1) is 16.7. The Balaban J connectivity index is 1.63. The lowest BCUT2D eigenvalue weighted by molar-refractivity contribution is -0.137. The third-order valence-electron chi connectivity index (χ3n) is 4.38. The molecule has 0 fully saturated rings. The van der Waals surface area contributed by atoms with Crippen LogP contribution in [0.3, 0.4) is 0 Å². The molecule has 132 valence electrons. The monoisotopic (exact) mass is 368 g/mol. The maximum Gasteiger partial charge on any atom is 0.316 e. The van der Waals surface area contributed by atoms with Gasteiger partial charge in [-0.3, -0.25) is 9.59 Å². The number of esters is 1. The van der Waals surface area contributed by atoms with Crippen molar-refractivity contribution in [3.8, 4) is 0 Å². The standard InChI is InChI=1S/C18H16N4O3S/c1-25-16(24)10-26-18-20-17-19-14-7-12(11-5-3-2-4-6-11)8-15(23)13(14)9-22(17)21-18/h2-6,9,12H,7-8,10H2,1H3. The van der Waals surface area contributed by atoms with Crippen LogP contribution in [-0.2, 0) is 16.0 Å². The van der Waals surface area contributed by atoms with E-state index < -0.39 is 0 Å². The van der Waals surface area contributed by atoms with E-state index in [0.29, 0.717) is 29.3 Å². The number of carbonyl (C=O) groups is 2. The molecule has 0 aliphatic heterocycles. The normalized spacial score (nSPS) is 16.5. The number of hydrogen-bond donors (Lipinski definition) is 0. The summed E-state index contributed by atoms with van der Waals surface area (Å²) in [6, 6.07) is 10.0. The van der Waals surface area contributed by atoms with Crippen LogP contribution in [0.2, 0.25) is 0 Å². The van der Waals surface area contributed by atoms with Crippen molar-refractivity contribution in [2.75, 3.05) is 12.9 Å². The van der Waals surface area contributed by atoms with Crippen LogP contribution in [0.15, 0.2) is 41.7 Å². The molecule has 7 nitrogen and oxygen atoms in total. The van der Waals surface area contributed by atoms with Gasteiger partial charge >= 0.3 is 5.97 Å². The first-order valence-electron chi connectivity index (χ1n) is 8.18. The first-order valence-corrected chi connectivity index (χ1v) is 9.16. The average molecular weight is 368 g/mol. The molecular formula is C18H16N4O3S. The van der Waals surface area contributed by atoms with Crippen LogP contribution in [0.25, 0.3) is 5.78 Å². The number of methoxy groups -OCH3 is 1. The largest absolute Gasteiger partial charge is 0.468 e. The maximum atomic E-state index is 12.6. The van der Waals surface area contributed by atoms with E-state index in [9.17, 15) is 9.59 Å². The second-order valence-corrected chi connectivity index (χ2v) is 6.99. The molecule has 0 radical (unpaired) electrons. The molecule has 1 aliphatic rings. The van der Waals surface area contributed by atoms with E-state index in [-0.39, 0.29) is 23.4 Å². The van der Waals surface area contributed by atoms with Gasteiger partial charge in [0, 0.05) is 12.6 Å². The maximum absolute atomic E-state index is 12.6. The van der Waals surface area contributed by atoms with E-state index in [4.69, 9.17) is 0 Å². The molecule has 1 unspecified atom stereocenters. The van der Waals surface area contributed by atoms with Crippen molar-refractivity contribution in [3.63, 3.8) is 0 Å². The summed E-state index contributed by atoms with van der Waals surface area (Å²) < 4.78 is 6.11. The van der Waals surface area contributed by atoms with E-state index in [1.165, 1.54) is 23.4 Å². The molecule has 1 atom stereocenters. The van der Waals surface area contributed by atoms with E-state index in [1.807, 2.05) is 30.3 Å². The molecule has 2 heterocycles. The Morgan fingerprint density at radius 3 is 2.85 bits per heavy atom. The molecule has 3 aromatic rings. The Morgan fingerprint density at radius 1 is 1.27 bits per heavy atom. The molecule has 1 aromatic carbocycles. The summed E-state index contributed by atoms with van der Waals surface area (Å²) in [4.78, 5) is 32.7. The van der Waals surface area contributed by atoms with Gasteiger partial charge in [0.25, 0.3) is 5.78 Å². The van der Waals surface area contributed by atoms with Gasteiger partial charge in [-0.15, -0.1) is 5.10 Å². The summed E-state index contributed by atoms with van der Waals surface area (Å²) >= 11 is 1.18. The highest BCUT2D eigenvalue weighted by Gasteiger charge is 2.28. The summed E-state index contributed by atoms with van der Waals surface area (Å²) in [6.45, 7) is 0. The smallest absolute Gasteiger partial charge is 0.316 e. The third kappa shape index (κ3) is 3.20. The fourth-order valence-corrected chi connectivity index (χ4v) is 3.73. The van der Waals surface area contributed by atoms with Gasteiger partial charge in [0.1, 0.15) is 0 Å². The predicted octanol–water partition coefficient (Wildman–Crippen LogP) is 2.30. The summed E-state index contributed by atoms with van der Waals surface area (Å²) in [5.74, 6) is 0.401. The van der Waals surface area contributed by atoms with Crippen LogP contribution in [0, 0.1) is 0 Å². The lowest BCUT2D eigenvalue weighted by atomic mass is 9.82. The first-order chi connectivity index (χ1) is 12.6. The summed E-state index contributed by atoms with van der Waals surface area (Å²) in [5.41, 5.74) is 2.49. The minimum atomic E-state index is -0.345. The number of ketones is 1. The molecule has 0 spiro atoms. The molecule has 0 bridgehead atoms. The Hall–Kier alpha value is -2.74. The van der Waals surface area contributed by atoms with Gasteiger partial charge in [-0.25, -0.2) is 9.50 Å². The summed E-state index contributed by atoms with van der Waals surface area (Å²) in [6.07, 6.45) is 2.85. The molecule has 0 amide bonds. The molecule has 0 saturated heterocycles. The van der Waals surface area contributed by atoms with Gasteiger partial charge in [-0.2, -0.15) is 4.98 Å². The Kier molecular flexibility index (Phi) is 4.42. The molecule has 26 heavy (non-hydrogen) atoms. The number of fused-ring (bicyclic) bond motifs is 2. The van der Waals surface area contributed by atoms with Crippen molar-refractivity contribution >= 4 is 29.3 Å². The zero-order valence-corrected chi connectivity index (χ0v) is 14.9. The molecule has 0 saturated carbocycles.